The van der Waals surface area contributed by atoms with E-state index in [1.54, 1.807) is 12.1 Å². The van der Waals surface area contributed by atoms with Gasteiger partial charge in [-0.2, -0.15) is 0 Å². The highest BCUT2D eigenvalue weighted by Crippen LogP contribution is 2.37. The predicted molar refractivity (Wildman–Crippen MR) is 121 cm³/mol. The van der Waals surface area contributed by atoms with Crippen molar-refractivity contribution in [3.8, 4) is 0 Å². The average Bonchev–Trinajstić information content (AvgIpc) is 3.02. The number of likely N-dealkylation sites (tertiary alicyclic amines) is 1. The largest absolute Gasteiger partial charge is 0.453 e. The number of amides is 3. The van der Waals surface area contributed by atoms with Crippen LogP contribution in [0.4, 0.5) is 5.69 Å². The number of rotatable bonds is 8. The Labute approximate surface area is 193 Å². The van der Waals surface area contributed by atoms with E-state index in [1.165, 1.54) is 26.0 Å². The lowest BCUT2D eigenvalue weighted by atomic mass is 9.85. The van der Waals surface area contributed by atoms with Gasteiger partial charge in [0.1, 0.15) is 6.04 Å². The summed E-state index contributed by atoms with van der Waals surface area (Å²) in [7, 11) is 0. The van der Waals surface area contributed by atoms with Crippen molar-refractivity contribution in [1.29, 1.82) is 0 Å². The molecule has 1 saturated heterocycles. The molecule has 0 unspecified atom stereocenters. The monoisotopic (exact) mass is 454 g/mol. The Kier molecular flexibility index (Phi) is 7.46. The second-order valence-electron chi connectivity index (χ2n) is 9.05. The van der Waals surface area contributed by atoms with Crippen LogP contribution in [0.5, 0.6) is 0 Å². The first kappa shape index (κ1) is 24.4. The standard InChI is InChI=1S/C25H30N2O6/c1-14(2)13-21(27-23(30)19-7-5-6-8-20(19)24(27)31)25(32)33-15(3)22(29)17-9-11-18(12-10-17)26-16(4)28/h5-6,9-12,14-15,19-21H,7-8,13H2,1-4H3,(H,26,28)/t15-,19-,20+,21+/m0/s1. The minimum absolute atomic E-state index is 0.0243. The molecule has 3 rings (SSSR count). The number of Topliss-reactive ketones (excluding diaryl/α,β-unsaturated/α-hetero) is 1. The van der Waals surface area contributed by atoms with Gasteiger partial charge in [0.2, 0.25) is 23.5 Å². The molecule has 0 aromatic heterocycles. The maximum absolute atomic E-state index is 13.1. The van der Waals surface area contributed by atoms with E-state index in [2.05, 4.69) is 5.32 Å². The zero-order valence-corrected chi connectivity index (χ0v) is 19.4. The number of carbonyl (C=O) groups is 5. The zero-order valence-electron chi connectivity index (χ0n) is 19.4. The van der Waals surface area contributed by atoms with Gasteiger partial charge < -0.3 is 10.1 Å². The molecule has 0 radical (unpaired) electrons. The first-order valence-corrected chi connectivity index (χ1v) is 11.2. The van der Waals surface area contributed by atoms with Crippen molar-refractivity contribution in [2.45, 2.75) is 59.1 Å². The highest BCUT2D eigenvalue weighted by molar-refractivity contribution is 6.08. The van der Waals surface area contributed by atoms with E-state index in [0.29, 0.717) is 24.1 Å². The lowest BCUT2D eigenvalue weighted by molar-refractivity contribution is -0.161. The molecular formula is C25H30N2O6. The quantitative estimate of drug-likeness (QED) is 0.280. The summed E-state index contributed by atoms with van der Waals surface area (Å²) in [5.41, 5.74) is 0.859. The van der Waals surface area contributed by atoms with Gasteiger partial charge in [-0.1, -0.05) is 26.0 Å². The van der Waals surface area contributed by atoms with Crippen LogP contribution in [-0.2, 0) is 23.9 Å². The Morgan fingerprint density at radius 3 is 2.03 bits per heavy atom. The molecule has 0 bridgehead atoms. The van der Waals surface area contributed by atoms with Crippen LogP contribution >= 0.6 is 0 Å². The Hall–Kier alpha value is -3.29. The normalized spacial score (nSPS) is 21.5. The second-order valence-corrected chi connectivity index (χ2v) is 9.05. The number of hydrogen-bond donors (Lipinski definition) is 1. The summed E-state index contributed by atoms with van der Waals surface area (Å²) in [6.45, 7) is 6.64. The van der Waals surface area contributed by atoms with Crippen molar-refractivity contribution < 1.29 is 28.7 Å². The van der Waals surface area contributed by atoms with E-state index in [4.69, 9.17) is 4.74 Å². The maximum atomic E-state index is 13.1. The molecule has 0 saturated carbocycles. The number of anilines is 1. The SMILES string of the molecule is CC(=O)Nc1ccc(C(=O)[C@H](C)OC(=O)[C@@H](CC(C)C)N2C(=O)[C@H]3CC=CC[C@H]3C2=O)cc1. The third-order valence-corrected chi connectivity index (χ3v) is 5.97. The third kappa shape index (κ3) is 5.38. The van der Waals surface area contributed by atoms with Gasteiger partial charge >= 0.3 is 5.97 Å². The van der Waals surface area contributed by atoms with Crippen LogP contribution in [-0.4, -0.2) is 46.5 Å². The van der Waals surface area contributed by atoms with Crippen LogP contribution in [0, 0.1) is 17.8 Å². The molecule has 3 amide bonds. The molecule has 4 atom stereocenters. The Balaban J connectivity index is 1.73. The Bertz CT molecular complexity index is 955. The number of ether oxygens (including phenoxy) is 1. The first-order chi connectivity index (χ1) is 15.6. The number of hydrogen-bond acceptors (Lipinski definition) is 6. The maximum Gasteiger partial charge on any atom is 0.330 e. The van der Waals surface area contributed by atoms with Crippen molar-refractivity contribution >= 4 is 35.2 Å². The van der Waals surface area contributed by atoms with E-state index in [9.17, 15) is 24.0 Å². The molecule has 8 heteroatoms. The second kappa shape index (κ2) is 10.1. The van der Waals surface area contributed by atoms with Crippen LogP contribution in [0.15, 0.2) is 36.4 Å². The van der Waals surface area contributed by atoms with E-state index < -0.39 is 35.7 Å². The summed E-state index contributed by atoms with van der Waals surface area (Å²) in [5.74, 6) is -2.94. The van der Waals surface area contributed by atoms with E-state index in [-0.39, 0.29) is 30.1 Å². The predicted octanol–water partition coefficient (Wildman–Crippen LogP) is 3.13. The molecule has 1 aliphatic carbocycles. The number of allylic oxidation sites excluding steroid dienone is 2. The van der Waals surface area contributed by atoms with Gasteiger partial charge in [0.15, 0.2) is 6.10 Å². The van der Waals surface area contributed by atoms with Crippen molar-refractivity contribution in [3.63, 3.8) is 0 Å². The molecule has 0 spiro atoms. The highest BCUT2D eigenvalue weighted by atomic mass is 16.5. The Morgan fingerprint density at radius 2 is 1.55 bits per heavy atom. The molecular weight excluding hydrogens is 424 g/mol. The lowest BCUT2D eigenvalue weighted by Crippen LogP contribution is -2.48. The van der Waals surface area contributed by atoms with Gasteiger partial charge in [0.05, 0.1) is 11.8 Å². The molecule has 1 N–H and O–H groups in total. The molecule has 1 aliphatic heterocycles. The molecule has 176 valence electrons. The number of nitrogens with one attached hydrogen (secondary N) is 1. The van der Waals surface area contributed by atoms with Gasteiger partial charge in [0, 0.05) is 18.2 Å². The number of ketones is 1. The molecule has 2 aliphatic rings. The van der Waals surface area contributed by atoms with E-state index in [0.717, 1.165) is 4.90 Å². The molecule has 1 heterocycles. The summed E-state index contributed by atoms with van der Waals surface area (Å²) in [6, 6.07) is 5.18. The van der Waals surface area contributed by atoms with Gasteiger partial charge in [-0.25, -0.2) is 4.79 Å². The fourth-order valence-corrected chi connectivity index (χ4v) is 4.35. The van der Waals surface area contributed by atoms with Gasteiger partial charge in [-0.3, -0.25) is 24.1 Å². The van der Waals surface area contributed by atoms with Gasteiger partial charge in [-0.15, -0.1) is 0 Å². The lowest BCUT2D eigenvalue weighted by Gasteiger charge is -2.27. The van der Waals surface area contributed by atoms with Crippen molar-refractivity contribution in [2.24, 2.45) is 17.8 Å². The summed E-state index contributed by atoms with van der Waals surface area (Å²) in [5, 5.41) is 2.62. The average molecular weight is 455 g/mol. The molecule has 1 fully saturated rings. The summed E-state index contributed by atoms with van der Waals surface area (Å²) >= 11 is 0. The van der Waals surface area contributed by atoms with Crippen molar-refractivity contribution in [1.82, 2.24) is 4.90 Å². The summed E-state index contributed by atoms with van der Waals surface area (Å²) < 4.78 is 5.47. The summed E-state index contributed by atoms with van der Waals surface area (Å²) in [4.78, 5) is 64.1. The Morgan fingerprint density at radius 1 is 1.00 bits per heavy atom. The molecule has 8 nitrogen and oxygen atoms in total. The van der Waals surface area contributed by atoms with Gasteiger partial charge in [-0.05, 0) is 56.4 Å². The number of esters is 1. The summed E-state index contributed by atoms with van der Waals surface area (Å²) in [6.07, 6.45) is 3.91. The zero-order chi connectivity index (χ0) is 24.3. The third-order valence-electron chi connectivity index (χ3n) is 5.97. The number of imide groups is 1. The number of carbonyl (C=O) groups excluding carboxylic acids is 5. The first-order valence-electron chi connectivity index (χ1n) is 11.2. The minimum atomic E-state index is -1.10. The fourth-order valence-electron chi connectivity index (χ4n) is 4.35. The molecule has 33 heavy (non-hydrogen) atoms. The van der Waals surface area contributed by atoms with Crippen LogP contribution in [0.1, 0.15) is 57.3 Å². The molecule has 1 aromatic rings. The molecule has 1 aromatic carbocycles. The van der Waals surface area contributed by atoms with Crippen molar-refractivity contribution in [3.05, 3.63) is 42.0 Å². The number of nitrogens with zero attached hydrogens (tertiary/aromatic N) is 1. The van der Waals surface area contributed by atoms with Crippen LogP contribution < -0.4 is 5.32 Å². The van der Waals surface area contributed by atoms with Gasteiger partial charge in [0.25, 0.3) is 0 Å². The van der Waals surface area contributed by atoms with Crippen LogP contribution in [0.3, 0.4) is 0 Å². The number of benzene rings is 1. The smallest absolute Gasteiger partial charge is 0.330 e. The van der Waals surface area contributed by atoms with E-state index in [1.807, 2.05) is 26.0 Å². The number of fused-ring (bicyclic) bond motifs is 1. The fraction of sp³-hybridized carbons (Fsp3) is 0.480. The minimum Gasteiger partial charge on any atom is -0.453 e. The van der Waals surface area contributed by atoms with Crippen molar-refractivity contribution in [2.75, 3.05) is 5.32 Å². The topological polar surface area (TPSA) is 110 Å². The van der Waals surface area contributed by atoms with Crippen LogP contribution in [0.2, 0.25) is 0 Å². The van der Waals surface area contributed by atoms with Crippen LogP contribution in [0.25, 0.3) is 0 Å². The van der Waals surface area contributed by atoms with E-state index >= 15 is 0 Å². The highest BCUT2D eigenvalue weighted by Gasteiger charge is 2.51.